The highest BCUT2D eigenvalue weighted by atomic mass is 16.6. The lowest BCUT2D eigenvalue weighted by atomic mass is 9.61. The number of Topliss-reactive ketones (excluding diaryl/α,β-unsaturated/α-hetero) is 1. The molecule has 6 heteroatoms. The normalized spacial score (nSPS) is 32.4. The van der Waals surface area contributed by atoms with Crippen LogP contribution in [-0.2, 0) is 19.1 Å². The second kappa shape index (κ2) is 15.1. The van der Waals surface area contributed by atoms with Crippen LogP contribution < -0.4 is 0 Å². The second-order valence-corrected chi connectivity index (χ2v) is 15.9. The van der Waals surface area contributed by atoms with Crippen LogP contribution in [0.5, 0.6) is 0 Å². The van der Waals surface area contributed by atoms with E-state index >= 15 is 0 Å². The summed E-state index contributed by atoms with van der Waals surface area (Å²) in [5, 5.41) is 21.4. The molecular formula is C42H58O6. The molecule has 2 aliphatic carbocycles. The van der Waals surface area contributed by atoms with Gasteiger partial charge in [0.1, 0.15) is 11.7 Å². The first-order valence-electron chi connectivity index (χ1n) is 17.1. The van der Waals surface area contributed by atoms with Crippen LogP contribution in [0.15, 0.2) is 100 Å². The van der Waals surface area contributed by atoms with E-state index in [4.69, 9.17) is 9.47 Å². The summed E-state index contributed by atoms with van der Waals surface area (Å²) in [4.78, 5) is 24.5. The van der Waals surface area contributed by atoms with Crippen molar-refractivity contribution in [2.75, 3.05) is 0 Å². The van der Waals surface area contributed by atoms with Crippen LogP contribution in [0.25, 0.3) is 0 Å². The summed E-state index contributed by atoms with van der Waals surface area (Å²) in [6.07, 6.45) is 23.6. The molecule has 0 radical (unpaired) electrons. The number of hydrogen-bond donors (Lipinski definition) is 2. The molecule has 2 saturated carbocycles. The number of ketones is 1. The first kappa shape index (κ1) is 39.2. The number of rotatable bonds is 11. The lowest BCUT2D eigenvalue weighted by molar-refractivity contribution is -0.152. The molecule has 0 amide bonds. The fourth-order valence-corrected chi connectivity index (χ4v) is 7.76. The number of hydrogen-bond acceptors (Lipinski definition) is 6. The van der Waals surface area contributed by atoms with Crippen molar-refractivity contribution in [2.45, 2.75) is 137 Å². The molecule has 0 aromatic heterocycles. The molecule has 48 heavy (non-hydrogen) atoms. The smallest absolute Gasteiger partial charge is 0.302 e. The fourth-order valence-electron chi connectivity index (χ4n) is 7.76. The van der Waals surface area contributed by atoms with Crippen molar-refractivity contribution >= 4 is 11.8 Å². The highest BCUT2D eigenvalue weighted by Gasteiger charge is 2.76. The van der Waals surface area contributed by atoms with Crippen LogP contribution in [-0.4, -0.2) is 51.0 Å². The average molecular weight is 659 g/mol. The third kappa shape index (κ3) is 9.66. The molecule has 3 rings (SSSR count). The van der Waals surface area contributed by atoms with E-state index in [2.05, 4.69) is 19.6 Å². The Morgan fingerprint density at radius 3 is 1.92 bits per heavy atom. The fraction of sp³-hybridized carbons (Fsp3) is 0.548. The van der Waals surface area contributed by atoms with E-state index < -0.39 is 16.8 Å². The SMILES string of the molecule is CC(=O)O[C@H]1CC(C)(C)C(=C=C\C(C)=C/C=C/C(C)=C/C=C/C=C(C)/C=C/C=C(\C)C(=O)C[C@@]23O[C@]2(C)C[C@@H](O)CC3(C)C)[C@@](C)(O)C1. The van der Waals surface area contributed by atoms with E-state index in [0.717, 1.165) is 22.3 Å². The molecule has 5 atom stereocenters. The number of aliphatic hydroxyl groups is 2. The molecule has 0 aromatic rings. The Labute approximate surface area is 289 Å². The molecule has 2 N–H and O–H groups in total. The maximum atomic E-state index is 13.1. The third-order valence-electron chi connectivity index (χ3n) is 10.1. The van der Waals surface area contributed by atoms with Crippen LogP contribution in [0.2, 0.25) is 0 Å². The Morgan fingerprint density at radius 2 is 1.38 bits per heavy atom. The van der Waals surface area contributed by atoms with Gasteiger partial charge in [0, 0.05) is 31.8 Å². The van der Waals surface area contributed by atoms with Crippen LogP contribution >= 0.6 is 0 Å². The molecule has 262 valence electrons. The molecule has 6 nitrogen and oxygen atoms in total. The zero-order valence-electron chi connectivity index (χ0n) is 31.1. The van der Waals surface area contributed by atoms with Gasteiger partial charge in [-0.05, 0) is 82.4 Å². The highest BCUT2D eigenvalue weighted by Crippen LogP contribution is 2.67. The standard InChI is InChI=1S/C42H58O6/c1-29(18-14-19-31(3)22-23-37-38(6,7)26-35(47-33(5)43)27-40(37,10)46)16-12-13-17-30(2)20-15-21-32(4)36(45)28-42-39(8,9)24-34(44)25-41(42,11)48-42/h12-22,34-35,44,46H,24-28H2,1-11H3/b13-12+,18-14+,20-15+,29-16+,30-17+,31-19-,32-21+/t23?,34-,35-,40-,41+,42-/m0/s1. The number of esters is 1. The molecule has 1 heterocycles. The van der Waals surface area contributed by atoms with Gasteiger partial charge in [0.25, 0.3) is 0 Å². The van der Waals surface area contributed by atoms with Crippen LogP contribution in [0.4, 0.5) is 0 Å². The summed E-state index contributed by atoms with van der Waals surface area (Å²) in [5.41, 5.74) is 5.35. The van der Waals surface area contributed by atoms with Gasteiger partial charge in [-0.2, -0.15) is 0 Å². The van der Waals surface area contributed by atoms with Crippen molar-refractivity contribution in [1.82, 2.24) is 0 Å². The van der Waals surface area contributed by atoms with Gasteiger partial charge >= 0.3 is 5.97 Å². The summed E-state index contributed by atoms with van der Waals surface area (Å²) in [6.45, 7) is 21.4. The van der Waals surface area contributed by atoms with E-state index in [-0.39, 0.29) is 34.8 Å². The molecule has 0 aromatic carbocycles. The maximum Gasteiger partial charge on any atom is 0.302 e. The largest absolute Gasteiger partial charge is 0.462 e. The number of carbonyl (C=O) groups excluding carboxylic acids is 2. The van der Waals surface area contributed by atoms with E-state index in [0.29, 0.717) is 37.7 Å². The van der Waals surface area contributed by atoms with Crippen LogP contribution in [0, 0.1) is 10.8 Å². The summed E-state index contributed by atoms with van der Waals surface area (Å²) in [7, 11) is 0. The highest BCUT2D eigenvalue weighted by molar-refractivity contribution is 5.96. The third-order valence-corrected chi connectivity index (χ3v) is 10.1. The number of ether oxygens (including phenoxy) is 2. The molecular weight excluding hydrogens is 600 g/mol. The average Bonchev–Trinajstić information content (AvgIpc) is 3.53. The van der Waals surface area contributed by atoms with Gasteiger partial charge in [-0.1, -0.05) is 99.6 Å². The quantitative estimate of drug-likeness (QED) is 0.0758. The van der Waals surface area contributed by atoms with Crippen molar-refractivity contribution < 1.29 is 29.3 Å². The van der Waals surface area contributed by atoms with E-state index in [1.165, 1.54) is 6.92 Å². The van der Waals surface area contributed by atoms with Gasteiger partial charge < -0.3 is 19.7 Å². The van der Waals surface area contributed by atoms with Gasteiger partial charge in [-0.3, -0.25) is 9.59 Å². The first-order chi connectivity index (χ1) is 22.1. The van der Waals surface area contributed by atoms with Gasteiger partial charge in [0.15, 0.2) is 5.78 Å². The first-order valence-corrected chi connectivity index (χ1v) is 17.1. The minimum absolute atomic E-state index is 0.0816. The van der Waals surface area contributed by atoms with Crippen LogP contribution in [0.1, 0.15) is 108 Å². The zero-order valence-corrected chi connectivity index (χ0v) is 31.1. The lowest BCUT2D eigenvalue weighted by Gasteiger charge is -2.44. The minimum atomic E-state index is -1.11. The number of carbonyl (C=O) groups is 2. The molecule has 0 spiro atoms. The van der Waals surface area contributed by atoms with Gasteiger partial charge in [-0.25, -0.2) is 0 Å². The lowest BCUT2D eigenvalue weighted by Crippen LogP contribution is -2.48. The molecule has 1 aliphatic heterocycles. The molecule has 1 saturated heterocycles. The second-order valence-electron chi connectivity index (χ2n) is 15.9. The van der Waals surface area contributed by atoms with Crippen LogP contribution in [0.3, 0.4) is 0 Å². The van der Waals surface area contributed by atoms with Crippen molar-refractivity contribution in [3.63, 3.8) is 0 Å². The van der Waals surface area contributed by atoms with Crippen molar-refractivity contribution in [3.8, 4) is 0 Å². The monoisotopic (exact) mass is 658 g/mol. The zero-order chi connectivity index (χ0) is 36.1. The summed E-state index contributed by atoms with van der Waals surface area (Å²) in [5.74, 6) is -0.244. The number of allylic oxidation sites excluding steroid dienone is 14. The van der Waals surface area contributed by atoms with E-state index in [9.17, 15) is 19.8 Å². The minimum Gasteiger partial charge on any atom is -0.462 e. The van der Waals surface area contributed by atoms with Crippen molar-refractivity contribution in [2.24, 2.45) is 10.8 Å². The predicted octanol–water partition coefficient (Wildman–Crippen LogP) is 8.69. The van der Waals surface area contributed by atoms with Gasteiger partial charge in [0.2, 0.25) is 0 Å². The Morgan fingerprint density at radius 1 is 0.812 bits per heavy atom. The number of epoxide rings is 1. The Bertz CT molecular complexity index is 1510. The summed E-state index contributed by atoms with van der Waals surface area (Å²) < 4.78 is 11.6. The molecule has 3 fully saturated rings. The number of fused-ring (bicyclic) bond motifs is 1. The Hall–Kier alpha value is -3.28. The Balaban J connectivity index is 1.54. The topological polar surface area (TPSA) is 96.4 Å². The summed E-state index contributed by atoms with van der Waals surface area (Å²) >= 11 is 0. The van der Waals surface area contributed by atoms with Gasteiger partial charge in [-0.15, -0.1) is 5.73 Å². The molecule has 0 unspecified atom stereocenters. The predicted molar refractivity (Wildman–Crippen MR) is 194 cm³/mol. The van der Waals surface area contributed by atoms with Crippen molar-refractivity contribution in [1.29, 1.82) is 0 Å². The Kier molecular flexibility index (Phi) is 12.3. The van der Waals surface area contributed by atoms with E-state index in [1.54, 1.807) is 6.92 Å². The van der Waals surface area contributed by atoms with E-state index in [1.807, 2.05) is 115 Å². The molecule has 0 bridgehead atoms. The molecule has 3 aliphatic rings. The summed E-state index contributed by atoms with van der Waals surface area (Å²) in [6, 6.07) is 0. The van der Waals surface area contributed by atoms with Crippen molar-refractivity contribution in [3.05, 3.63) is 100 Å². The maximum absolute atomic E-state index is 13.1. The van der Waals surface area contributed by atoms with Gasteiger partial charge in [0.05, 0.1) is 17.3 Å². The number of aliphatic hydroxyl groups excluding tert-OH is 1.